The van der Waals surface area contributed by atoms with Gasteiger partial charge < -0.3 is 12.8 Å². The minimum atomic E-state index is 0. The van der Waals surface area contributed by atoms with Crippen molar-refractivity contribution in [1.82, 2.24) is 0 Å². The molecule has 0 atom stereocenters. The van der Waals surface area contributed by atoms with Gasteiger partial charge in [0.05, 0.1) is 0 Å². The molecule has 66 valence electrons. The van der Waals surface area contributed by atoms with Gasteiger partial charge in [0.25, 0.3) is 0 Å². The van der Waals surface area contributed by atoms with E-state index < -0.39 is 0 Å². The van der Waals surface area contributed by atoms with Crippen LogP contribution in [0, 0.1) is 12.8 Å². The van der Waals surface area contributed by atoms with Gasteiger partial charge in [0.15, 0.2) is 0 Å². The maximum atomic E-state index is 2.39. The third-order valence-corrected chi connectivity index (χ3v) is 2.38. The van der Waals surface area contributed by atoms with E-state index in [9.17, 15) is 0 Å². The van der Waals surface area contributed by atoms with E-state index in [-0.39, 0.29) is 37.7 Å². The predicted molar refractivity (Wildman–Crippen MR) is 50.2 cm³/mol. The molecule has 0 aromatic carbocycles. The van der Waals surface area contributed by atoms with E-state index in [1.165, 1.54) is 57.8 Å². The number of rotatable bonds is 0. The van der Waals surface area contributed by atoms with Crippen molar-refractivity contribution in [2.45, 2.75) is 57.8 Å². The Hall–Kier alpha value is 1.19. The van der Waals surface area contributed by atoms with Crippen molar-refractivity contribution in [3.05, 3.63) is 12.8 Å². The van der Waals surface area contributed by atoms with Gasteiger partial charge in [-0.2, -0.15) is 25.7 Å². The molecule has 2 saturated carbocycles. The van der Waals surface area contributed by atoms with Crippen LogP contribution in [0.1, 0.15) is 57.8 Å². The van der Waals surface area contributed by atoms with Crippen LogP contribution in [0.2, 0.25) is 0 Å². The second kappa shape index (κ2) is 13.2. The third kappa shape index (κ3) is 11.1. The van der Waals surface area contributed by atoms with Gasteiger partial charge in [0, 0.05) is 0 Å². The Morgan fingerprint density at radius 3 is 0.923 bits per heavy atom. The topological polar surface area (TPSA) is 0 Å². The van der Waals surface area contributed by atoms with Gasteiger partial charge in [-0.25, -0.2) is 0 Å². The third-order valence-electron chi connectivity index (χ3n) is 2.38. The van der Waals surface area contributed by atoms with Crippen molar-refractivity contribution < 1.29 is 37.7 Å². The van der Waals surface area contributed by atoms with Crippen LogP contribution in [0.25, 0.3) is 0 Å². The van der Waals surface area contributed by atoms with Gasteiger partial charge in [-0.1, -0.05) is 32.1 Å². The van der Waals surface area contributed by atoms with Crippen molar-refractivity contribution >= 4 is 0 Å². The molecule has 0 N–H and O–H groups in total. The first-order valence-electron chi connectivity index (χ1n) is 5.13. The smallest absolute Gasteiger partial charge is 0.328 e. The Labute approximate surface area is 108 Å². The maximum Gasteiger partial charge on any atom is 1.00 e. The summed E-state index contributed by atoms with van der Waals surface area (Å²) >= 11 is 0. The van der Waals surface area contributed by atoms with Gasteiger partial charge in [-0.3, -0.25) is 0 Å². The van der Waals surface area contributed by atoms with Crippen LogP contribution >= 0.6 is 0 Å². The van der Waals surface area contributed by atoms with Crippen LogP contribution < -0.4 is 37.7 Å². The molecule has 2 fully saturated rings. The predicted octanol–water partition coefficient (Wildman–Crippen LogP) is -2.07. The van der Waals surface area contributed by atoms with Crippen molar-refractivity contribution in [3.63, 3.8) is 0 Å². The van der Waals surface area contributed by atoms with E-state index in [0.717, 1.165) is 0 Å². The monoisotopic (exact) mass is 166 g/mol. The van der Waals surface area contributed by atoms with Crippen molar-refractivity contribution in [2.24, 2.45) is 0 Å². The zero-order chi connectivity index (χ0) is 7.78. The molecule has 13 heavy (non-hydrogen) atoms. The molecule has 2 rings (SSSR count). The van der Waals surface area contributed by atoms with Crippen LogP contribution in [-0.4, -0.2) is 0 Å². The van der Waals surface area contributed by atoms with Gasteiger partial charge in [0.1, 0.15) is 0 Å². The van der Waals surface area contributed by atoms with Gasteiger partial charge >= 0.3 is 37.7 Å². The summed E-state index contributed by atoms with van der Waals surface area (Å²) in [6.07, 6.45) is 17.5. The van der Waals surface area contributed by atoms with Crippen LogP contribution in [0.15, 0.2) is 0 Å². The maximum absolute atomic E-state index is 2.39. The van der Waals surface area contributed by atoms with Gasteiger partial charge in [-0.05, 0) is 0 Å². The molecular formula is C11H20Li2. The van der Waals surface area contributed by atoms with Crippen molar-refractivity contribution in [2.75, 3.05) is 0 Å². The summed E-state index contributed by atoms with van der Waals surface area (Å²) in [7, 11) is 0. The van der Waals surface area contributed by atoms with Crippen molar-refractivity contribution in [3.8, 4) is 0 Å². The second-order valence-corrected chi connectivity index (χ2v) is 3.50. The molecule has 0 nitrogen and oxygen atoms in total. The van der Waals surface area contributed by atoms with E-state index in [0.29, 0.717) is 0 Å². The zero-order valence-corrected chi connectivity index (χ0v) is 9.52. The summed E-state index contributed by atoms with van der Waals surface area (Å²) < 4.78 is 0. The zero-order valence-electron chi connectivity index (χ0n) is 9.52. The van der Waals surface area contributed by atoms with E-state index in [2.05, 4.69) is 12.8 Å². The Bertz CT molecular complexity index is 57.0. The molecule has 2 heteroatoms. The van der Waals surface area contributed by atoms with Gasteiger partial charge in [0.2, 0.25) is 0 Å². The van der Waals surface area contributed by atoms with E-state index >= 15 is 0 Å². The summed E-state index contributed by atoms with van der Waals surface area (Å²) in [4.78, 5) is 0. The van der Waals surface area contributed by atoms with Crippen LogP contribution in [0.4, 0.5) is 0 Å². The second-order valence-electron chi connectivity index (χ2n) is 3.50. The van der Waals surface area contributed by atoms with Crippen molar-refractivity contribution in [1.29, 1.82) is 0 Å². The van der Waals surface area contributed by atoms with E-state index in [4.69, 9.17) is 0 Å². The SMILES string of the molecule is [CH-]1CCCC1.[CH-]1CCCCC1.[Li+].[Li+]. The molecule has 2 aliphatic carbocycles. The quantitative estimate of drug-likeness (QED) is 0.286. The summed E-state index contributed by atoms with van der Waals surface area (Å²) in [5, 5.41) is 0. The fraction of sp³-hybridized carbons (Fsp3) is 0.818. The molecule has 0 unspecified atom stereocenters. The fourth-order valence-electron chi connectivity index (χ4n) is 1.62. The number of hydrogen-bond donors (Lipinski definition) is 0. The first-order valence-corrected chi connectivity index (χ1v) is 5.13. The summed E-state index contributed by atoms with van der Waals surface area (Å²) in [6, 6.07) is 0. The Balaban J connectivity index is 0. The summed E-state index contributed by atoms with van der Waals surface area (Å²) in [5.74, 6) is 0. The molecule has 0 heterocycles. The molecule has 0 aliphatic heterocycles. The number of hydrogen-bond acceptors (Lipinski definition) is 0. The molecule has 0 amide bonds. The first-order chi connectivity index (χ1) is 5.50. The molecular weight excluding hydrogens is 146 g/mol. The fourth-order valence-corrected chi connectivity index (χ4v) is 1.62. The molecule has 0 saturated heterocycles. The molecule has 0 bridgehead atoms. The Kier molecular flexibility index (Phi) is 16.9. The average Bonchev–Trinajstić information content (AvgIpc) is 2.64. The van der Waals surface area contributed by atoms with E-state index in [1.807, 2.05) is 0 Å². The van der Waals surface area contributed by atoms with E-state index in [1.54, 1.807) is 0 Å². The van der Waals surface area contributed by atoms with Gasteiger partial charge in [-0.15, -0.1) is 0 Å². The molecule has 0 spiro atoms. The normalized spacial score (nSPS) is 20.3. The molecule has 2 aliphatic rings. The standard InChI is InChI=1S/C6H11.C5H9.2Li/c1-2-4-6-5-3-1;1-2-4-5-3-1;;/h1H,2-6H2;1H,2-5H2;;/q2*-1;2*+1. The van der Waals surface area contributed by atoms with Crippen LogP contribution in [0.3, 0.4) is 0 Å². The molecule has 0 radical (unpaired) electrons. The minimum absolute atomic E-state index is 0. The summed E-state index contributed by atoms with van der Waals surface area (Å²) in [6.45, 7) is 0. The van der Waals surface area contributed by atoms with Crippen LogP contribution in [0.5, 0.6) is 0 Å². The Morgan fingerprint density at radius 1 is 0.462 bits per heavy atom. The molecule has 0 aromatic heterocycles. The minimum Gasteiger partial charge on any atom is -0.328 e. The average molecular weight is 166 g/mol. The Morgan fingerprint density at radius 2 is 0.769 bits per heavy atom. The largest absolute Gasteiger partial charge is 1.00 e. The first kappa shape index (κ1) is 16.6. The van der Waals surface area contributed by atoms with Crippen LogP contribution in [-0.2, 0) is 0 Å². The molecule has 0 aromatic rings. The summed E-state index contributed by atoms with van der Waals surface area (Å²) in [5.41, 5.74) is 0.